The first-order valence-electron chi connectivity index (χ1n) is 14.1. The second kappa shape index (κ2) is 9.66. The normalized spacial score (nSPS) is 11.4. The number of nitrogens with zero attached hydrogens (tertiary/aromatic N) is 1. The number of benzene rings is 8. The second-order valence-electron chi connectivity index (χ2n) is 10.6. The highest BCUT2D eigenvalue weighted by Gasteiger charge is 2.19. The van der Waals surface area contributed by atoms with Crippen molar-refractivity contribution in [2.24, 2.45) is 0 Å². The lowest BCUT2D eigenvalue weighted by Gasteiger charge is -2.28. The monoisotopic (exact) mass is 521 g/mol. The first-order chi connectivity index (χ1) is 20.3. The van der Waals surface area contributed by atoms with E-state index in [1.807, 2.05) is 0 Å². The highest BCUT2D eigenvalue weighted by molar-refractivity contribution is 6.24. The average molecular weight is 522 g/mol. The lowest BCUT2D eigenvalue weighted by atomic mass is 9.94. The zero-order valence-corrected chi connectivity index (χ0v) is 22.5. The Morgan fingerprint density at radius 1 is 0.317 bits per heavy atom. The molecule has 0 radical (unpaired) electrons. The van der Waals surface area contributed by atoms with Gasteiger partial charge in [-0.25, -0.2) is 0 Å². The van der Waals surface area contributed by atoms with Gasteiger partial charge in [0.05, 0.1) is 5.69 Å². The molecule has 0 aromatic heterocycles. The van der Waals surface area contributed by atoms with Crippen molar-refractivity contribution in [3.05, 3.63) is 164 Å². The maximum atomic E-state index is 2.43. The van der Waals surface area contributed by atoms with Crippen LogP contribution in [0.25, 0.3) is 54.2 Å². The van der Waals surface area contributed by atoms with Crippen molar-refractivity contribution < 1.29 is 0 Å². The molecule has 0 aliphatic carbocycles. The van der Waals surface area contributed by atoms with Gasteiger partial charge in [0.2, 0.25) is 0 Å². The fraction of sp³-hybridized carbons (Fsp3) is 0. The summed E-state index contributed by atoms with van der Waals surface area (Å²) in [5.74, 6) is 0. The topological polar surface area (TPSA) is 3.24 Å². The van der Waals surface area contributed by atoms with Crippen molar-refractivity contribution >= 4 is 60.2 Å². The van der Waals surface area contributed by atoms with Crippen LogP contribution in [0.2, 0.25) is 0 Å². The van der Waals surface area contributed by atoms with E-state index in [0.29, 0.717) is 0 Å². The highest BCUT2D eigenvalue weighted by atomic mass is 15.1. The van der Waals surface area contributed by atoms with Crippen LogP contribution in [0.5, 0.6) is 0 Å². The SMILES string of the molecule is c1ccc(-c2cccc(N(c3ccc4ccccc4c3)c3cc4ccccc4c4c3ccc3ccccc34)c2)cc1. The van der Waals surface area contributed by atoms with Crippen LogP contribution in [-0.2, 0) is 0 Å². The molecule has 0 heterocycles. The van der Waals surface area contributed by atoms with Gasteiger partial charge in [-0.2, -0.15) is 0 Å². The van der Waals surface area contributed by atoms with Crippen molar-refractivity contribution in [2.75, 3.05) is 4.90 Å². The molecule has 0 aliphatic heterocycles. The predicted molar refractivity (Wildman–Crippen MR) is 177 cm³/mol. The Labute approximate surface area is 239 Å². The van der Waals surface area contributed by atoms with Crippen molar-refractivity contribution in [2.45, 2.75) is 0 Å². The number of hydrogen-bond donors (Lipinski definition) is 0. The Bertz CT molecular complexity index is 2200. The Morgan fingerprint density at radius 3 is 1.76 bits per heavy atom. The molecule has 1 nitrogen and oxygen atoms in total. The number of hydrogen-bond acceptors (Lipinski definition) is 1. The maximum Gasteiger partial charge on any atom is 0.0546 e. The first kappa shape index (κ1) is 23.5. The molecular formula is C40H27N. The summed E-state index contributed by atoms with van der Waals surface area (Å²) < 4.78 is 0. The van der Waals surface area contributed by atoms with Gasteiger partial charge in [0.15, 0.2) is 0 Å². The molecule has 0 amide bonds. The zero-order chi connectivity index (χ0) is 27.2. The molecule has 0 fully saturated rings. The van der Waals surface area contributed by atoms with E-state index in [4.69, 9.17) is 0 Å². The van der Waals surface area contributed by atoms with Gasteiger partial charge in [0.25, 0.3) is 0 Å². The van der Waals surface area contributed by atoms with Gasteiger partial charge in [0, 0.05) is 16.8 Å². The van der Waals surface area contributed by atoms with E-state index in [-0.39, 0.29) is 0 Å². The summed E-state index contributed by atoms with van der Waals surface area (Å²) in [6, 6.07) is 59.3. The standard InChI is InChI=1S/C40H27N/c1-2-11-28(12-3-1)32-17-10-18-34(25-32)41(35-23-21-29-13-4-5-15-31(29)26-35)39-27-33-16-7-9-20-37(33)40-36-19-8-6-14-30(36)22-24-38(39)40/h1-27H. The Balaban J connectivity index is 1.47. The van der Waals surface area contributed by atoms with Gasteiger partial charge in [-0.3, -0.25) is 0 Å². The zero-order valence-electron chi connectivity index (χ0n) is 22.5. The van der Waals surface area contributed by atoms with Crippen LogP contribution in [0.3, 0.4) is 0 Å². The van der Waals surface area contributed by atoms with Crippen LogP contribution in [-0.4, -0.2) is 0 Å². The Morgan fingerprint density at radius 2 is 0.927 bits per heavy atom. The molecule has 0 atom stereocenters. The van der Waals surface area contributed by atoms with Crippen molar-refractivity contribution in [1.82, 2.24) is 0 Å². The van der Waals surface area contributed by atoms with Gasteiger partial charge in [-0.15, -0.1) is 0 Å². The van der Waals surface area contributed by atoms with Crippen LogP contribution in [0.4, 0.5) is 17.1 Å². The fourth-order valence-electron chi connectivity index (χ4n) is 6.23. The molecule has 8 aromatic rings. The summed E-state index contributed by atoms with van der Waals surface area (Å²) in [7, 11) is 0. The molecule has 8 aromatic carbocycles. The molecule has 0 bridgehead atoms. The third-order valence-electron chi connectivity index (χ3n) is 8.17. The van der Waals surface area contributed by atoms with E-state index in [1.54, 1.807) is 0 Å². The average Bonchev–Trinajstić information content (AvgIpc) is 3.05. The lowest BCUT2D eigenvalue weighted by molar-refractivity contribution is 1.31. The quantitative estimate of drug-likeness (QED) is 0.208. The summed E-state index contributed by atoms with van der Waals surface area (Å²) in [5.41, 5.74) is 5.85. The molecule has 1 heteroatoms. The number of rotatable bonds is 4. The lowest BCUT2D eigenvalue weighted by Crippen LogP contribution is -2.11. The van der Waals surface area contributed by atoms with Crippen LogP contribution in [0.15, 0.2) is 164 Å². The van der Waals surface area contributed by atoms with Gasteiger partial charge < -0.3 is 4.90 Å². The molecule has 0 saturated heterocycles. The van der Waals surface area contributed by atoms with Gasteiger partial charge >= 0.3 is 0 Å². The van der Waals surface area contributed by atoms with E-state index in [9.17, 15) is 0 Å². The summed E-state index contributed by atoms with van der Waals surface area (Å²) in [4.78, 5) is 2.43. The molecule has 0 unspecified atom stereocenters. The van der Waals surface area contributed by atoms with Crippen molar-refractivity contribution in [3.63, 3.8) is 0 Å². The summed E-state index contributed by atoms with van der Waals surface area (Å²) >= 11 is 0. The van der Waals surface area contributed by atoms with Gasteiger partial charge in [-0.1, -0.05) is 133 Å². The van der Waals surface area contributed by atoms with Crippen LogP contribution in [0.1, 0.15) is 0 Å². The number of anilines is 3. The molecule has 0 N–H and O–H groups in total. The molecular weight excluding hydrogens is 494 g/mol. The van der Waals surface area contributed by atoms with E-state index in [2.05, 4.69) is 169 Å². The molecule has 0 saturated carbocycles. The number of fused-ring (bicyclic) bond motifs is 6. The third kappa shape index (κ3) is 4.02. The van der Waals surface area contributed by atoms with E-state index in [0.717, 1.165) is 11.4 Å². The largest absolute Gasteiger partial charge is 0.310 e. The molecule has 192 valence electrons. The van der Waals surface area contributed by atoms with Gasteiger partial charge in [0.1, 0.15) is 0 Å². The smallest absolute Gasteiger partial charge is 0.0546 e. The molecule has 0 spiro atoms. The minimum absolute atomic E-state index is 1.13. The molecule has 41 heavy (non-hydrogen) atoms. The predicted octanol–water partition coefficient (Wildman–Crippen LogP) is 11.4. The molecule has 0 aliphatic rings. The van der Waals surface area contributed by atoms with Crippen molar-refractivity contribution in [1.29, 1.82) is 0 Å². The summed E-state index contributed by atoms with van der Waals surface area (Å²) in [6.07, 6.45) is 0. The molecule has 8 rings (SSSR count). The Hall–Kier alpha value is -5.40. The summed E-state index contributed by atoms with van der Waals surface area (Å²) in [6.45, 7) is 0. The van der Waals surface area contributed by atoms with Crippen LogP contribution in [0, 0.1) is 0 Å². The van der Waals surface area contributed by atoms with Crippen molar-refractivity contribution in [3.8, 4) is 11.1 Å². The first-order valence-corrected chi connectivity index (χ1v) is 14.1. The van der Waals surface area contributed by atoms with E-state index in [1.165, 1.54) is 59.9 Å². The minimum atomic E-state index is 1.13. The third-order valence-corrected chi connectivity index (χ3v) is 8.17. The minimum Gasteiger partial charge on any atom is -0.310 e. The van der Waals surface area contributed by atoms with Gasteiger partial charge in [-0.05, 0) is 79.2 Å². The van der Waals surface area contributed by atoms with E-state index >= 15 is 0 Å². The highest BCUT2D eigenvalue weighted by Crippen LogP contribution is 2.45. The fourth-order valence-corrected chi connectivity index (χ4v) is 6.23. The Kier molecular flexibility index (Phi) is 5.53. The van der Waals surface area contributed by atoms with Crippen LogP contribution < -0.4 is 4.90 Å². The maximum absolute atomic E-state index is 2.43. The summed E-state index contributed by atoms with van der Waals surface area (Å²) in [5, 5.41) is 10.0. The van der Waals surface area contributed by atoms with E-state index < -0.39 is 0 Å². The van der Waals surface area contributed by atoms with Crippen LogP contribution >= 0.6 is 0 Å². The second-order valence-corrected chi connectivity index (χ2v) is 10.6.